The molecule has 1 saturated heterocycles. The number of para-hydroxylation sites is 1. The van der Waals surface area contributed by atoms with Crippen molar-refractivity contribution in [2.45, 2.75) is 44.7 Å². The summed E-state index contributed by atoms with van der Waals surface area (Å²) in [5, 5.41) is 11.2. The van der Waals surface area contributed by atoms with Crippen molar-refractivity contribution in [2.75, 3.05) is 13.7 Å². The zero-order chi connectivity index (χ0) is 22.0. The van der Waals surface area contributed by atoms with Crippen molar-refractivity contribution in [1.82, 2.24) is 4.90 Å². The molecule has 4 rings (SSSR count). The molecule has 0 radical (unpaired) electrons. The predicted octanol–water partition coefficient (Wildman–Crippen LogP) is 4.46. The Morgan fingerprint density at radius 3 is 2.39 bits per heavy atom. The van der Waals surface area contributed by atoms with Crippen molar-refractivity contribution in [1.29, 1.82) is 0 Å². The summed E-state index contributed by atoms with van der Waals surface area (Å²) in [5.74, 6) is -0.266. The number of likely N-dealkylation sites (tertiary alicyclic amines) is 1. The Bertz CT molecular complexity index is 1000. The minimum absolute atomic E-state index is 0.0176. The molecule has 0 aromatic heterocycles. The van der Waals surface area contributed by atoms with Gasteiger partial charge in [-0.25, -0.2) is 0 Å². The lowest BCUT2D eigenvalue weighted by molar-refractivity contribution is -0.141. The normalized spacial score (nSPS) is 21.0. The van der Waals surface area contributed by atoms with Crippen LogP contribution in [-0.4, -0.2) is 41.5 Å². The molecular weight excluding hydrogens is 394 g/mol. The lowest BCUT2D eigenvalue weighted by Gasteiger charge is -2.31. The first kappa shape index (κ1) is 21.0. The highest BCUT2D eigenvalue weighted by molar-refractivity contribution is 6.46. The first-order valence-electron chi connectivity index (χ1n) is 10.7. The van der Waals surface area contributed by atoms with Crippen LogP contribution in [0.25, 0.3) is 5.76 Å². The molecule has 2 aliphatic rings. The number of rotatable bonds is 6. The van der Waals surface area contributed by atoms with E-state index in [1.807, 2.05) is 31.2 Å². The molecule has 1 unspecified atom stereocenters. The second-order valence-corrected chi connectivity index (χ2v) is 7.85. The van der Waals surface area contributed by atoms with Crippen LogP contribution in [0.3, 0.4) is 0 Å². The molecule has 0 bridgehead atoms. The van der Waals surface area contributed by atoms with Crippen LogP contribution < -0.4 is 9.47 Å². The van der Waals surface area contributed by atoms with Crippen molar-refractivity contribution in [3.63, 3.8) is 0 Å². The minimum atomic E-state index is -0.658. The van der Waals surface area contributed by atoms with Gasteiger partial charge >= 0.3 is 0 Å². The fraction of sp³-hybridized carbons (Fsp3) is 0.360. The average Bonchev–Trinajstić information content (AvgIpc) is 3.41. The summed E-state index contributed by atoms with van der Waals surface area (Å²) in [7, 11) is 1.51. The molecule has 1 heterocycles. The highest BCUT2D eigenvalue weighted by Gasteiger charge is 2.49. The van der Waals surface area contributed by atoms with Crippen LogP contribution in [0.2, 0.25) is 0 Å². The fourth-order valence-corrected chi connectivity index (χ4v) is 4.63. The smallest absolute Gasteiger partial charge is 0.295 e. The number of aliphatic hydroxyl groups is 1. The van der Waals surface area contributed by atoms with Gasteiger partial charge in [-0.1, -0.05) is 37.1 Å². The third-order valence-electron chi connectivity index (χ3n) is 6.07. The number of benzene rings is 2. The van der Waals surface area contributed by atoms with Crippen molar-refractivity contribution in [2.24, 2.45) is 0 Å². The minimum Gasteiger partial charge on any atom is -0.507 e. The number of Topliss-reactive ketones (excluding diaryl/α,β-unsaturated/α-hetero) is 1. The van der Waals surface area contributed by atoms with Gasteiger partial charge in [0.2, 0.25) is 0 Å². The summed E-state index contributed by atoms with van der Waals surface area (Å²) in [6, 6.07) is 13.7. The molecule has 1 aliphatic carbocycles. The van der Waals surface area contributed by atoms with Crippen LogP contribution in [0.15, 0.2) is 54.1 Å². The maximum Gasteiger partial charge on any atom is 0.295 e. The number of ether oxygens (including phenoxy) is 2. The first-order chi connectivity index (χ1) is 15.1. The Balaban J connectivity index is 1.87. The number of methoxy groups -OCH3 is 1. The van der Waals surface area contributed by atoms with Gasteiger partial charge in [0.25, 0.3) is 11.7 Å². The molecule has 31 heavy (non-hydrogen) atoms. The van der Waals surface area contributed by atoms with E-state index in [9.17, 15) is 14.7 Å². The van der Waals surface area contributed by atoms with Crippen molar-refractivity contribution < 1.29 is 24.2 Å². The molecule has 1 amide bonds. The number of hydrogen-bond donors (Lipinski definition) is 1. The van der Waals surface area contributed by atoms with Crippen LogP contribution in [-0.2, 0) is 9.59 Å². The zero-order valence-electron chi connectivity index (χ0n) is 17.8. The number of ketones is 1. The molecule has 2 aromatic carbocycles. The SMILES string of the molecule is CCOc1ccc(C2/C(=C(/O)c3ccccc3OC)C(=O)C(=O)N2C2CCCC2)cc1. The molecule has 1 aliphatic heterocycles. The summed E-state index contributed by atoms with van der Waals surface area (Å²) < 4.78 is 10.9. The van der Waals surface area contributed by atoms with Crippen LogP contribution in [0.1, 0.15) is 49.8 Å². The van der Waals surface area contributed by atoms with E-state index in [0.29, 0.717) is 23.7 Å². The van der Waals surface area contributed by atoms with E-state index in [0.717, 1.165) is 31.2 Å². The quantitative estimate of drug-likeness (QED) is 0.423. The Labute approximate surface area is 182 Å². The maximum atomic E-state index is 13.2. The van der Waals surface area contributed by atoms with E-state index < -0.39 is 17.7 Å². The van der Waals surface area contributed by atoms with Gasteiger partial charge in [0.05, 0.1) is 30.9 Å². The van der Waals surface area contributed by atoms with Crippen molar-refractivity contribution in [3.8, 4) is 11.5 Å². The molecule has 2 aromatic rings. The van der Waals surface area contributed by atoms with E-state index in [2.05, 4.69) is 0 Å². The van der Waals surface area contributed by atoms with Gasteiger partial charge in [-0.15, -0.1) is 0 Å². The highest BCUT2D eigenvalue weighted by Crippen LogP contribution is 2.44. The molecule has 2 fully saturated rings. The molecule has 1 atom stereocenters. The Morgan fingerprint density at radius 2 is 1.74 bits per heavy atom. The summed E-state index contributed by atoms with van der Waals surface area (Å²) in [6.07, 6.45) is 3.76. The van der Waals surface area contributed by atoms with E-state index >= 15 is 0 Å². The first-order valence-corrected chi connectivity index (χ1v) is 10.7. The highest BCUT2D eigenvalue weighted by atomic mass is 16.5. The predicted molar refractivity (Wildman–Crippen MR) is 117 cm³/mol. The Kier molecular flexibility index (Phi) is 5.98. The van der Waals surface area contributed by atoms with E-state index in [4.69, 9.17) is 9.47 Å². The lowest BCUT2D eigenvalue weighted by atomic mass is 9.94. The number of carbonyl (C=O) groups is 2. The van der Waals surface area contributed by atoms with Gasteiger partial charge < -0.3 is 19.5 Å². The van der Waals surface area contributed by atoms with Crippen molar-refractivity contribution >= 4 is 17.4 Å². The molecule has 1 saturated carbocycles. The summed E-state index contributed by atoms with van der Waals surface area (Å²) in [4.78, 5) is 28.0. The second-order valence-electron chi connectivity index (χ2n) is 7.85. The molecular formula is C25H27NO5. The standard InChI is InChI=1S/C25H27NO5/c1-3-31-18-14-12-16(13-15-18)22-21(23(27)19-10-6-7-11-20(19)30-2)24(28)25(29)26(22)17-8-4-5-9-17/h6-7,10-15,17,22,27H,3-5,8-9H2,1-2H3/b23-21-. The van der Waals surface area contributed by atoms with E-state index in [1.165, 1.54) is 7.11 Å². The molecule has 6 heteroatoms. The van der Waals surface area contributed by atoms with Gasteiger partial charge in [0, 0.05) is 6.04 Å². The third-order valence-corrected chi connectivity index (χ3v) is 6.07. The summed E-state index contributed by atoms with van der Waals surface area (Å²) in [6.45, 7) is 2.46. The van der Waals surface area contributed by atoms with Crippen LogP contribution >= 0.6 is 0 Å². The Morgan fingerprint density at radius 1 is 1.06 bits per heavy atom. The maximum absolute atomic E-state index is 13.2. The van der Waals surface area contributed by atoms with Crippen molar-refractivity contribution in [3.05, 3.63) is 65.2 Å². The Hall–Kier alpha value is -3.28. The van der Waals surface area contributed by atoms with Crippen LogP contribution in [0.4, 0.5) is 0 Å². The van der Waals surface area contributed by atoms with E-state index in [1.54, 1.807) is 29.2 Å². The number of amides is 1. The summed E-state index contributed by atoms with van der Waals surface area (Å²) in [5.41, 5.74) is 1.27. The van der Waals surface area contributed by atoms with Crippen LogP contribution in [0.5, 0.6) is 11.5 Å². The number of aliphatic hydroxyl groups excluding tert-OH is 1. The zero-order valence-corrected chi connectivity index (χ0v) is 17.8. The van der Waals surface area contributed by atoms with Gasteiger partial charge in [-0.05, 0) is 49.6 Å². The second kappa shape index (κ2) is 8.84. The third kappa shape index (κ3) is 3.78. The average molecular weight is 421 g/mol. The van der Waals surface area contributed by atoms with E-state index in [-0.39, 0.29) is 17.4 Å². The van der Waals surface area contributed by atoms with Gasteiger partial charge in [0.1, 0.15) is 17.3 Å². The lowest BCUT2D eigenvalue weighted by Crippen LogP contribution is -2.37. The molecule has 6 nitrogen and oxygen atoms in total. The number of nitrogens with zero attached hydrogens (tertiary/aromatic N) is 1. The van der Waals surface area contributed by atoms with Crippen LogP contribution in [0, 0.1) is 0 Å². The fourth-order valence-electron chi connectivity index (χ4n) is 4.63. The topological polar surface area (TPSA) is 76.1 Å². The van der Waals surface area contributed by atoms with Gasteiger partial charge in [-0.2, -0.15) is 0 Å². The summed E-state index contributed by atoms with van der Waals surface area (Å²) >= 11 is 0. The molecule has 162 valence electrons. The monoisotopic (exact) mass is 421 g/mol. The number of carbonyl (C=O) groups excluding carboxylic acids is 2. The largest absolute Gasteiger partial charge is 0.507 e. The molecule has 0 spiro atoms. The molecule has 1 N–H and O–H groups in total. The van der Waals surface area contributed by atoms with Gasteiger partial charge in [-0.3, -0.25) is 9.59 Å². The van der Waals surface area contributed by atoms with Gasteiger partial charge in [0.15, 0.2) is 0 Å². The number of hydrogen-bond acceptors (Lipinski definition) is 5.